The zero-order chi connectivity index (χ0) is 12.5. The molecule has 2 N–H and O–H groups in total. The van der Waals surface area contributed by atoms with Gasteiger partial charge < -0.3 is 5.73 Å². The van der Waals surface area contributed by atoms with Crippen molar-refractivity contribution in [3.8, 4) is 0 Å². The molecule has 2 aliphatic heterocycles. The molecule has 3 rings (SSSR count). The van der Waals surface area contributed by atoms with E-state index >= 15 is 0 Å². The highest BCUT2D eigenvalue weighted by Gasteiger charge is 2.39. The van der Waals surface area contributed by atoms with Gasteiger partial charge in [0.15, 0.2) is 0 Å². The van der Waals surface area contributed by atoms with Crippen LogP contribution in [0.4, 0.5) is 0 Å². The number of hydrogen-bond donors (Lipinski definition) is 1. The van der Waals surface area contributed by atoms with E-state index in [-0.39, 0.29) is 0 Å². The molecule has 0 spiro atoms. The van der Waals surface area contributed by atoms with E-state index < -0.39 is 0 Å². The maximum absolute atomic E-state index is 5.85. The van der Waals surface area contributed by atoms with Crippen LogP contribution in [0.5, 0.6) is 0 Å². The number of fused-ring (bicyclic) bond motifs is 2. The summed E-state index contributed by atoms with van der Waals surface area (Å²) in [5.41, 5.74) is 8.66. The summed E-state index contributed by atoms with van der Waals surface area (Å²) >= 11 is 0. The molecule has 0 aliphatic carbocycles. The summed E-state index contributed by atoms with van der Waals surface area (Å²) in [6, 6.07) is 10.6. The topological polar surface area (TPSA) is 29.3 Å². The van der Waals surface area contributed by atoms with Crippen molar-refractivity contribution in [1.82, 2.24) is 4.90 Å². The molecule has 2 bridgehead atoms. The second kappa shape index (κ2) is 5.02. The van der Waals surface area contributed by atoms with Gasteiger partial charge in [-0.2, -0.15) is 0 Å². The highest BCUT2D eigenvalue weighted by molar-refractivity contribution is 5.21. The number of rotatable bonds is 3. The quantitative estimate of drug-likeness (QED) is 0.886. The van der Waals surface area contributed by atoms with E-state index in [9.17, 15) is 0 Å². The lowest BCUT2D eigenvalue weighted by molar-refractivity contribution is 0.0988. The predicted molar refractivity (Wildman–Crippen MR) is 75.3 cm³/mol. The van der Waals surface area contributed by atoms with Crippen molar-refractivity contribution < 1.29 is 0 Å². The van der Waals surface area contributed by atoms with Gasteiger partial charge in [-0.05, 0) is 50.6 Å². The highest BCUT2D eigenvalue weighted by atomic mass is 15.2. The monoisotopic (exact) mass is 244 g/mol. The Bertz CT molecular complexity index is 384. The van der Waals surface area contributed by atoms with Crippen LogP contribution in [0.15, 0.2) is 24.3 Å². The first-order valence-electron chi connectivity index (χ1n) is 7.27. The summed E-state index contributed by atoms with van der Waals surface area (Å²) in [5, 5.41) is 0. The first kappa shape index (κ1) is 12.2. The molecule has 2 heterocycles. The van der Waals surface area contributed by atoms with E-state index in [0.717, 1.165) is 31.1 Å². The van der Waals surface area contributed by atoms with Gasteiger partial charge in [0.25, 0.3) is 0 Å². The Morgan fingerprint density at radius 2 is 1.72 bits per heavy atom. The number of nitrogens with two attached hydrogens (primary N) is 1. The largest absolute Gasteiger partial charge is 0.330 e. The third kappa shape index (κ3) is 2.32. The van der Waals surface area contributed by atoms with E-state index in [1.165, 1.54) is 36.8 Å². The van der Waals surface area contributed by atoms with Crippen molar-refractivity contribution in [2.75, 3.05) is 6.54 Å². The normalized spacial score (nSPS) is 31.8. The number of benzene rings is 1. The second-order valence-corrected chi connectivity index (χ2v) is 6.12. The molecule has 0 saturated carbocycles. The minimum Gasteiger partial charge on any atom is -0.330 e. The maximum atomic E-state index is 5.85. The van der Waals surface area contributed by atoms with E-state index in [4.69, 9.17) is 5.73 Å². The Hall–Kier alpha value is -0.860. The van der Waals surface area contributed by atoms with Crippen molar-refractivity contribution in [3.05, 3.63) is 35.4 Å². The third-order valence-electron chi connectivity index (χ3n) is 4.80. The molecule has 0 aromatic heterocycles. The van der Waals surface area contributed by atoms with E-state index in [2.05, 4.69) is 36.1 Å². The zero-order valence-electron chi connectivity index (χ0n) is 11.3. The molecule has 18 heavy (non-hydrogen) atoms. The van der Waals surface area contributed by atoms with Gasteiger partial charge in [0.05, 0.1) is 0 Å². The molecule has 2 saturated heterocycles. The van der Waals surface area contributed by atoms with Crippen LogP contribution in [-0.4, -0.2) is 23.5 Å². The first-order chi connectivity index (χ1) is 8.76. The average molecular weight is 244 g/mol. The Balaban J connectivity index is 1.69. The summed E-state index contributed by atoms with van der Waals surface area (Å²) in [7, 11) is 0. The van der Waals surface area contributed by atoms with Crippen LogP contribution in [0, 0.1) is 12.8 Å². The fourth-order valence-corrected chi connectivity index (χ4v) is 3.74. The molecule has 2 fully saturated rings. The minimum absolute atomic E-state index is 0.775. The molecule has 1 aromatic rings. The lowest BCUT2D eigenvalue weighted by atomic mass is 9.90. The van der Waals surface area contributed by atoms with Gasteiger partial charge in [-0.1, -0.05) is 29.8 Å². The maximum Gasteiger partial charge on any atom is 0.0239 e. The first-order valence-corrected chi connectivity index (χ1v) is 7.27. The number of piperidine rings is 1. The van der Waals surface area contributed by atoms with Crippen LogP contribution in [0.2, 0.25) is 0 Å². The zero-order valence-corrected chi connectivity index (χ0v) is 11.3. The Kier molecular flexibility index (Phi) is 3.40. The van der Waals surface area contributed by atoms with Crippen LogP contribution in [0.1, 0.15) is 36.8 Å². The standard InChI is InChI=1S/C16H24N2/c1-12-2-4-13(5-3-12)11-18-15-6-7-16(18)9-14(8-15)10-17/h2-5,14-16H,6-11,17H2,1H3. The van der Waals surface area contributed by atoms with Crippen molar-refractivity contribution in [3.63, 3.8) is 0 Å². The van der Waals surface area contributed by atoms with Crippen molar-refractivity contribution >= 4 is 0 Å². The molecule has 2 unspecified atom stereocenters. The van der Waals surface area contributed by atoms with Crippen LogP contribution in [-0.2, 0) is 6.54 Å². The number of nitrogens with zero attached hydrogens (tertiary/aromatic N) is 1. The summed E-state index contributed by atoms with van der Waals surface area (Å²) in [6.45, 7) is 4.17. The Labute approximate surface area is 110 Å². The van der Waals surface area contributed by atoms with Crippen LogP contribution >= 0.6 is 0 Å². The van der Waals surface area contributed by atoms with E-state index in [1.807, 2.05) is 0 Å². The average Bonchev–Trinajstić information content (AvgIpc) is 2.63. The molecular formula is C16H24N2. The summed E-state index contributed by atoms with van der Waals surface area (Å²) in [4.78, 5) is 2.73. The Morgan fingerprint density at radius 1 is 1.11 bits per heavy atom. The molecule has 0 amide bonds. The highest BCUT2D eigenvalue weighted by Crippen LogP contribution is 2.39. The number of aryl methyl sites for hydroxylation is 1. The van der Waals surface area contributed by atoms with Gasteiger partial charge in [-0.3, -0.25) is 4.90 Å². The fraction of sp³-hybridized carbons (Fsp3) is 0.625. The van der Waals surface area contributed by atoms with Gasteiger partial charge in [-0.25, -0.2) is 0 Å². The summed E-state index contributed by atoms with van der Waals surface area (Å²) in [6.07, 6.45) is 5.40. The SMILES string of the molecule is Cc1ccc(CN2C3CCC2CC(CN)C3)cc1. The van der Waals surface area contributed by atoms with Crippen LogP contribution in [0.3, 0.4) is 0 Å². The van der Waals surface area contributed by atoms with Gasteiger partial charge in [0.1, 0.15) is 0 Å². The molecule has 0 radical (unpaired) electrons. The van der Waals surface area contributed by atoms with E-state index in [1.54, 1.807) is 0 Å². The number of hydrogen-bond acceptors (Lipinski definition) is 2. The molecular weight excluding hydrogens is 220 g/mol. The molecule has 2 aliphatic rings. The molecule has 98 valence electrons. The molecule has 1 aromatic carbocycles. The van der Waals surface area contributed by atoms with Gasteiger partial charge in [0.2, 0.25) is 0 Å². The van der Waals surface area contributed by atoms with E-state index in [0.29, 0.717) is 0 Å². The second-order valence-electron chi connectivity index (χ2n) is 6.12. The van der Waals surface area contributed by atoms with Gasteiger partial charge in [0, 0.05) is 18.6 Å². The van der Waals surface area contributed by atoms with Crippen molar-refractivity contribution in [2.45, 2.75) is 51.2 Å². The van der Waals surface area contributed by atoms with Crippen molar-refractivity contribution in [1.29, 1.82) is 0 Å². The lowest BCUT2D eigenvalue weighted by Gasteiger charge is -2.38. The third-order valence-corrected chi connectivity index (χ3v) is 4.80. The van der Waals surface area contributed by atoms with Crippen molar-refractivity contribution in [2.24, 2.45) is 11.7 Å². The summed E-state index contributed by atoms with van der Waals surface area (Å²) < 4.78 is 0. The Morgan fingerprint density at radius 3 is 2.28 bits per heavy atom. The molecule has 2 heteroatoms. The minimum atomic E-state index is 0.775. The van der Waals surface area contributed by atoms with Crippen LogP contribution in [0.25, 0.3) is 0 Å². The van der Waals surface area contributed by atoms with Gasteiger partial charge >= 0.3 is 0 Å². The molecule has 2 atom stereocenters. The fourth-order valence-electron chi connectivity index (χ4n) is 3.74. The smallest absolute Gasteiger partial charge is 0.0239 e. The predicted octanol–water partition coefficient (Wildman–Crippen LogP) is 2.70. The molecule has 2 nitrogen and oxygen atoms in total. The van der Waals surface area contributed by atoms with Crippen LogP contribution < -0.4 is 5.73 Å². The summed E-state index contributed by atoms with van der Waals surface area (Å²) in [5.74, 6) is 0.775. The van der Waals surface area contributed by atoms with Gasteiger partial charge in [-0.15, -0.1) is 0 Å². The lowest BCUT2D eigenvalue weighted by Crippen LogP contribution is -2.43.